The maximum atomic E-state index is 13.0. The van der Waals surface area contributed by atoms with Gasteiger partial charge in [-0.1, -0.05) is 6.07 Å². The molecule has 6 nitrogen and oxygen atoms in total. The molecule has 1 atom stereocenters. The van der Waals surface area contributed by atoms with Crippen molar-refractivity contribution in [2.75, 3.05) is 0 Å². The topological polar surface area (TPSA) is 81.5 Å². The molecule has 3 heterocycles. The number of hydrogen-bond acceptors (Lipinski definition) is 8. The van der Waals surface area contributed by atoms with Gasteiger partial charge in [-0.2, -0.15) is 28.9 Å². The van der Waals surface area contributed by atoms with Gasteiger partial charge in [0.2, 0.25) is 0 Å². The molecule has 0 radical (unpaired) electrons. The maximum Gasteiger partial charge on any atom is 0.387 e. The first-order valence-corrected chi connectivity index (χ1v) is 11.1. The Morgan fingerprint density at radius 1 is 1.09 bits per heavy atom. The van der Waals surface area contributed by atoms with Crippen molar-refractivity contribution in [3.8, 4) is 5.75 Å². The number of aliphatic hydroxyl groups is 1. The summed E-state index contributed by atoms with van der Waals surface area (Å²) in [5.74, 6) is -2.82. The van der Waals surface area contributed by atoms with Crippen LogP contribution in [-0.4, -0.2) is 26.4 Å². The number of fused-ring (bicyclic) bond motifs is 1. The SMILES string of the molecule is O=C1OC(O)(c2ccc(OC(F)F)cc2)C(Cc2ccsc2)=C1c1ccc2nsnc2c1. The molecule has 0 aliphatic carbocycles. The van der Waals surface area contributed by atoms with Gasteiger partial charge >= 0.3 is 12.6 Å². The van der Waals surface area contributed by atoms with Crippen LogP contribution in [0.5, 0.6) is 5.75 Å². The monoisotopic (exact) mass is 472 g/mol. The van der Waals surface area contributed by atoms with Crippen LogP contribution in [0.2, 0.25) is 0 Å². The highest BCUT2D eigenvalue weighted by Crippen LogP contribution is 2.45. The van der Waals surface area contributed by atoms with Crippen LogP contribution in [0.3, 0.4) is 0 Å². The lowest BCUT2D eigenvalue weighted by Gasteiger charge is -2.25. The van der Waals surface area contributed by atoms with Gasteiger partial charge in [0, 0.05) is 17.6 Å². The van der Waals surface area contributed by atoms with Gasteiger partial charge in [0.05, 0.1) is 17.3 Å². The Morgan fingerprint density at radius 2 is 1.88 bits per heavy atom. The molecule has 4 aromatic rings. The van der Waals surface area contributed by atoms with E-state index in [4.69, 9.17) is 4.74 Å². The minimum atomic E-state index is -2.97. The average molecular weight is 472 g/mol. The average Bonchev–Trinajstić information content (AvgIpc) is 3.49. The molecule has 2 aromatic carbocycles. The van der Waals surface area contributed by atoms with Crippen molar-refractivity contribution in [3.05, 3.63) is 81.6 Å². The predicted molar refractivity (Wildman–Crippen MR) is 115 cm³/mol. The zero-order valence-corrected chi connectivity index (χ0v) is 17.8. The normalized spacial score (nSPS) is 18.6. The minimum absolute atomic E-state index is 0.0678. The van der Waals surface area contributed by atoms with Crippen LogP contribution in [0.15, 0.2) is 64.9 Å². The van der Waals surface area contributed by atoms with Crippen LogP contribution >= 0.6 is 23.1 Å². The standard InChI is InChI=1S/C22H14F2N2O4S2/c23-21(24)29-15-4-2-14(3-5-15)22(28)16(9-12-7-8-31-11-12)19(20(27)30-22)13-1-6-17-18(10-13)26-32-25-17/h1-8,10-11,21,28H,9H2. The summed E-state index contributed by atoms with van der Waals surface area (Å²) in [7, 11) is 0. The summed E-state index contributed by atoms with van der Waals surface area (Å²) >= 11 is 2.56. The van der Waals surface area contributed by atoms with Crippen LogP contribution < -0.4 is 4.74 Å². The molecule has 2 aromatic heterocycles. The van der Waals surface area contributed by atoms with Crippen LogP contribution in [0.1, 0.15) is 16.7 Å². The van der Waals surface area contributed by atoms with E-state index in [2.05, 4.69) is 13.5 Å². The molecule has 5 rings (SSSR count). The molecular formula is C22H14F2N2O4S2. The molecule has 10 heteroatoms. The molecule has 0 bridgehead atoms. The molecule has 0 saturated heterocycles. The molecule has 1 unspecified atom stereocenters. The Hall–Kier alpha value is -3.21. The van der Waals surface area contributed by atoms with Crippen molar-refractivity contribution >= 4 is 45.6 Å². The number of ether oxygens (including phenoxy) is 2. The van der Waals surface area contributed by atoms with Crippen molar-refractivity contribution in [2.24, 2.45) is 0 Å². The predicted octanol–water partition coefficient (Wildman–Crippen LogP) is 4.75. The van der Waals surface area contributed by atoms with E-state index < -0.39 is 18.4 Å². The van der Waals surface area contributed by atoms with E-state index in [-0.39, 0.29) is 23.3 Å². The Balaban J connectivity index is 1.63. The Kier molecular flexibility index (Phi) is 5.20. The highest BCUT2D eigenvalue weighted by atomic mass is 32.1. The third-order valence-corrected chi connectivity index (χ3v) is 6.42. The Bertz CT molecular complexity index is 1320. The van der Waals surface area contributed by atoms with E-state index in [0.717, 1.165) is 17.3 Å². The van der Waals surface area contributed by atoms with Gasteiger partial charge in [0.25, 0.3) is 5.79 Å². The molecule has 32 heavy (non-hydrogen) atoms. The minimum Gasteiger partial charge on any atom is -0.435 e. The van der Waals surface area contributed by atoms with E-state index in [1.165, 1.54) is 35.6 Å². The number of carbonyl (C=O) groups is 1. The van der Waals surface area contributed by atoms with Crippen LogP contribution in [0.25, 0.3) is 16.6 Å². The number of hydrogen-bond donors (Lipinski definition) is 1. The van der Waals surface area contributed by atoms with Crippen molar-refractivity contribution in [1.82, 2.24) is 8.75 Å². The fourth-order valence-corrected chi connectivity index (χ4v) is 4.86. The molecule has 0 spiro atoms. The van der Waals surface area contributed by atoms with Gasteiger partial charge in [0.15, 0.2) is 0 Å². The first kappa shape index (κ1) is 20.7. The largest absolute Gasteiger partial charge is 0.435 e. The highest BCUT2D eigenvalue weighted by molar-refractivity contribution is 7.08. The van der Waals surface area contributed by atoms with Crippen molar-refractivity contribution in [1.29, 1.82) is 0 Å². The van der Waals surface area contributed by atoms with Gasteiger partial charge in [-0.25, -0.2) is 4.79 Å². The second kappa shape index (κ2) is 8.05. The number of nitrogens with zero attached hydrogens (tertiary/aromatic N) is 2. The summed E-state index contributed by atoms with van der Waals surface area (Å²) in [6, 6.07) is 12.5. The van der Waals surface area contributed by atoms with Crippen molar-refractivity contribution in [3.63, 3.8) is 0 Å². The summed E-state index contributed by atoms with van der Waals surface area (Å²) in [6.45, 7) is -2.97. The smallest absolute Gasteiger partial charge is 0.387 e. The maximum absolute atomic E-state index is 13.0. The first-order chi connectivity index (χ1) is 15.4. The molecule has 1 N–H and O–H groups in total. The second-order valence-corrected chi connectivity index (χ2v) is 8.37. The number of esters is 1. The van der Waals surface area contributed by atoms with Gasteiger partial charge in [-0.3, -0.25) is 0 Å². The summed E-state index contributed by atoms with van der Waals surface area (Å²) in [4.78, 5) is 13.0. The number of rotatable bonds is 6. The first-order valence-electron chi connectivity index (χ1n) is 9.42. The van der Waals surface area contributed by atoms with E-state index in [9.17, 15) is 18.7 Å². The molecule has 0 saturated carbocycles. The fourth-order valence-electron chi connectivity index (χ4n) is 3.67. The molecule has 0 amide bonds. The van der Waals surface area contributed by atoms with Gasteiger partial charge in [-0.05, 0) is 64.4 Å². The lowest BCUT2D eigenvalue weighted by atomic mass is 9.88. The zero-order valence-electron chi connectivity index (χ0n) is 16.2. The van der Waals surface area contributed by atoms with E-state index in [1.54, 1.807) is 18.2 Å². The molecule has 1 aliphatic heterocycles. The van der Waals surface area contributed by atoms with Crippen LogP contribution in [0, 0.1) is 0 Å². The number of thiophene rings is 1. The fraction of sp³-hybridized carbons (Fsp3) is 0.136. The van der Waals surface area contributed by atoms with Crippen LogP contribution in [0.4, 0.5) is 8.78 Å². The molecule has 0 fully saturated rings. The van der Waals surface area contributed by atoms with E-state index in [0.29, 0.717) is 22.2 Å². The van der Waals surface area contributed by atoms with Gasteiger partial charge in [0.1, 0.15) is 16.8 Å². The lowest BCUT2D eigenvalue weighted by molar-refractivity contribution is -0.185. The number of benzene rings is 2. The molecule has 162 valence electrons. The Morgan fingerprint density at radius 3 is 2.59 bits per heavy atom. The number of cyclic esters (lactones) is 1. The number of aromatic nitrogens is 2. The van der Waals surface area contributed by atoms with Gasteiger partial charge < -0.3 is 14.6 Å². The van der Waals surface area contributed by atoms with Gasteiger partial charge in [-0.15, -0.1) is 0 Å². The third-order valence-electron chi connectivity index (χ3n) is 5.13. The lowest BCUT2D eigenvalue weighted by Crippen LogP contribution is -2.29. The van der Waals surface area contributed by atoms with E-state index >= 15 is 0 Å². The third kappa shape index (κ3) is 3.66. The quantitative estimate of drug-likeness (QED) is 0.408. The van der Waals surface area contributed by atoms with Crippen molar-refractivity contribution < 1.29 is 28.2 Å². The number of alkyl halides is 2. The second-order valence-electron chi connectivity index (χ2n) is 7.07. The summed E-state index contributed by atoms with van der Waals surface area (Å²) in [5.41, 5.74) is 3.60. The summed E-state index contributed by atoms with van der Waals surface area (Å²) in [6.07, 6.45) is 0.254. The molecular weight excluding hydrogens is 458 g/mol. The summed E-state index contributed by atoms with van der Waals surface area (Å²) in [5, 5.41) is 15.4. The molecule has 1 aliphatic rings. The number of halogens is 2. The zero-order chi connectivity index (χ0) is 22.3. The Labute approximate surface area is 188 Å². The summed E-state index contributed by atoms with van der Waals surface area (Å²) < 4.78 is 43.3. The highest BCUT2D eigenvalue weighted by Gasteiger charge is 2.48. The van der Waals surface area contributed by atoms with Crippen LogP contribution in [-0.2, 0) is 21.7 Å². The van der Waals surface area contributed by atoms with Crippen molar-refractivity contribution in [2.45, 2.75) is 18.8 Å². The number of carbonyl (C=O) groups excluding carboxylic acids is 1. The van der Waals surface area contributed by atoms with E-state index in [1.807, 2.05) is 16.8 Å².